The highest BCUT2D eigenvalue weighted by molar-refractivity contribution is 6.06. The molecule has 192 valence electrons. The number of halogens is 4. The van der Waals surface area contributed by atoms with Crippen LogP contribution in [-0.4, -0.2) is 41.4 Å². The molecule has 6 rings (SSSR count). The van der Waals surface area contributed by atoms with Crippen LogP contribution in [-0.2, 0) is 26.7 Å². The Morgan fingerprint density at radius 3 is 2.57 bits per heavy atom. The molecule has 1 saturated heterocycles. The summed E-state index contributed by atoms with van der Waals surface area (Å²) in [5, 5.41) is 9.29. The second kappa shape index (κ2) is 8.12. The third-order valence-electron chi connectivity index (χ3n) is 7.45. The SMILES string of the molecule is Cc1cc(C(=O)N2[C@H]3CCC[C@@H]2c2nn(C)c(-c4cc(C(F)(F)F)n(C)n4)c2C3)c2cc(F)ccc2n1. The number of aryl methyl sites for hydroxylation is 3. The quantitative estimate of drug-likeness (QED) is 0.350. The minimum atomic E-state index is -4.52. The van der Waals surface area contributed by atoms with Gasteiger partial charge < -0.3 is 4.90 Å². The van der Waals surface area contributed by atoms with Gasteiger partial charge >= 0.3 is 6.18 Å². The molecule has 0 saturated carbocycles. The van der Waals surface area contributed by atoms with Crippen molar-refractivity contribution in [2.24, 2.45) is 14.1 Å². The lowest BCUT2D eigenvalue weighted by Gasteiger charge is -2.45. The first-order valence-electron chi connectivity index (χ1n) is 12.1. The number of fused-ring (bicyclic) bond motifs is 5. The minimum absolute atomic E-state index is 0.162. The van der Waals surface area contributed by atoms with E-state index in [-0.39, 0.29) is 23.7 Å². The molecule has 0 spiro atoms. The Morgan fingerprint density at radius 2 is 1.84 bits per heavy atom. The molecule has 11 heteroatoms. The van der Waals surface area contributed by atoms with Gasteiger partial charge in [-0.15, -0.1) is 0 Å². The predicted molar refractivity (Wildman–Crippen MR) is 127 cm³/mol. The largest absolute Gasteiger partial charge is 0.433 e. The molecule has 7 nitrogen and oxygen atoms in total. The number of benzene rings is 1. The van der Waals surface area contributed by atoms with Gasteiger partial charge in [-0.3, -0.25) is 19.1 Å². The molecule has 0 aliphatic carbocycles. The van der Waals surface area contributed by atoms with Crippen LogP contribution in [0.25, 0.3) is 22.3 Å². The van der Waals surface area contributed by atoms with Crippen molar-refractivity contribution in [2.75, 3.05) is 0 Å². The zero-order chi connectivity index (χ0) is 26.2. The molecular formula is C26H24F4N6O. The normalized spacial score (nSPS) is 19.4. The number of amides is 1. The first-order chi connectivity index (χ1) is 17.5. The van der Waals surface area contributed by atoms with Gasteiger partial charge in [0.05, 0.1) is 28.5 Å². The van der Waals surface area contributed by atoms with E-state index < -0.39 is 17.7 Å². The van der Waals surface area contributed by atoms with E-state index in [2.05, 4.69) is 15.2 Å². The summed E-state index contributed by atoms with van der Waals surface area (Å²) in [6.45, 7) is 1.79. The van der Waals surface area contributed by atoms with Crippen molar-refractivity contribution in [3.8, 4) is 11.4 Å². The van der Waals surface area contributed by atoms with Gasteiger partial charge in [0, 0.05) is 36.8 Å². The van der Waals surface area contributed by atoms with Crippen LogP contribution in [0.4, 0.5) is 17.6 Å². The first-order valence-corrected chi connectivity index (χ1v) is 12.1. The van der Waals surface area contributed by atoms with E-state index >= 15 is 0 Å². The molecule has 1 aromatic carbocycles. The van der Waals surface area contributed by atoms with Crippen molar-refractivity contribution in [1.82, 2.24) is 29.4 Å². The molecule has 2 atom stereocenters. The summed E-state index contributed by atoms with van der Waals surface area (Å²) >= 11 is 0. The number of aromatic nitrogens is 5. The summed E-state index contributed by atoms with van der Waals surface area (Å²) in [6.07, 6.45) is -1.74. The highest BCUT2D eigenvalue weighted by Crippen LogP contribution is 2.45. The number of pyridine rings is 1. The van der Waals surface area contributed by atoms with Gasteiger partial charge in [0.2, 0.25) is 0 Å². The van der Waals surface area contributed by atoms with Gasteiger partial charge in [-0.1, -0.05) is 0 Å². The number of alkyl halides is 3. The molecule has 3 aromatic heterocycles. The van der Waals surface area contributed by atoms with E-state index in [0.717, 1.165) is 29.2 Å². The Kier molecular flexibility index (Phi) is 5.19. The number of piperidine rings is 1. The van der Waals surface area contributed by atoms with Crippen LogP contribution in [0.15, 0.2) is 30.3 Å². The standard InChI is InChI=1S/C26H24F4N6O/c1-13-9-17(16-10-14(27)7-8-19(16)31-13)25(37)36-15-5-4-6-21(36)23-18(11-15)24(35(3)33-23)20-12-22(26(28,29)30)34(2)32-20/h7-10,12,15,21H,4-6,11H2,1-3H3/t15-,21+/m0/s1. The monoisotopic (exact) mass is 512 g/mol. The van der Waals surface area contributed by atoms with Gasteiger partial charge in [0.1, 0.15) is 17.2 Å². The number of hydrogen-bond acceptors (Lipinski definition) is 4. The Morgan fingerprint density at radius 1 is 1.05 bits per heavy atom. The van der Waals surface area contributed by atoms with Gasteiger partial charge in [-0.25, -0.2) is 4.39 Å². The third-order valence-corrected chi connectivity index (χ3v) is 7.45. The molecule has 0 unspecified atom stereocenters. The molecule has 5 heterocycles. The molecule has 37 heavy (non-hydrogen) atoms. The van der Waals surface area contributed by atoms with Gasteiger partial charge in [0.15, 0.2) is 0 Å². The summed E-state index contributed by atoms with van der Waals surface area (Å²) in [4.78, 5) is 20.3. The molecule has 2 aliphatic rings. The zero-order valence-electron chi connectivity index (χ0n) is 20.5. The maximum absolute atomic E-state index is 14.1. The maximum atomic E-state index is 14.1. The summed E-state index contributed by atoms with van der Waals surface area (Å²) in [6, 6.07) is 6.45. The van der Waals surface area contributed by atoms with E-state index in [0.29, 0.717) is 46.4 Å². The van der Waals surface area contributed by atoms with E-state index in [1.165, 1.54) is 19.2 Å². The second-order valence-corrected chi connectivity index (χ2v) is 9.86. The lowest BCUT2D eigenvalue weighted by Crippen LogP contribution is -2.50. The molecule has 2 bridgehead atoms. The summed E-state index contributed by atoms with van der Waals surface area (Å²) in [5.41, 5.74) is 3.00. The highest BCUT2D eigenvalue weighted by atomic mass is 19.4. The van der Waals surface area contributed by atoms with Crippen LogP contribution in [0.3, 0.4) is 0 Å². The number of hydrogen-bond donors (Lipinski definition) is 0. The van der Waals surface area contributed by atoms with Gasteiger partial charge in [-0.05, 0) is 62.9 Å². The van der Waals surface area contributed by atoms with Crippen molar-refractivity contribution in [3.05, 3.63) is 64.4 Å². The van der Waals surface area contributed by atoms with Gasteiger partial charge in [0.25, 0.3) is 5.91 Å². The number of carbonyl (C=O) groups is 1. The summed E-state index contributed by atoms with van der Waals surface area (Å²) in [7, 11) is 2.96. The molecule has 2 aliphatic heterocycles. The van der Waals surface area contributed by atoms with Crippen molar-refractivity contribution in [2.45, 2.75) is 50.9 Å². The summed E-state index contributed by atoms with van der Waals surface area (Å²) in [5.74, 6) is -0.665. The van der Waals surface area contributed by atoms with Crippen LogP contribution in [0.2, 0.25) is 0 Å². The lowest BCUT2D eigenvalue weighted by molar-refractivity contribution is -0.143. The fraction of sp³-hybridized carbons (Fsp3) is 0.385. The van der Waals surface area contributed by atoms with Crippen molar-refractivity contribution in [3.63, 3.8) is 0 Å². The van der Waals surface area contributed by atoms with E-state index in [1.807, 2.05) is 4.90 Å². The van der Waals surface area contributed by atoms with Crippen LogP contribution in [0, 0.1) is 12.7 Å². The van der Waals surface area contributed by atoms with Crippen LogP contribution >= 0.6 is 0 Å². The first kappa shape index (κ1) is 23.6. The third kappa shape index (κ3) is 3.70. The van der Waals surface area contributed by atoms with Crippen molar-refractivity contribution >= 4 is 16.8 Å². The highest BCUT2D eigenvalue weighted by Gasteiger charge is 2.44. The molecular weight excluding hydrogens is 488 g/mol. The smallest absolute Gasteiger partial charge is 0.327 e. The molecule has 1 amide bonds. The van der Waals surface area contributed by atoms with E-state index in [4.69, 9.17) is 0 Å². The van der Waals surface area contributed by atoms with Gasteiger partial charge in [-0.2, -0.15) is 23.4 Å². The molecule has 0 N–H and O–H groups in total. The van der Waals surface area contributed by atoms with Crippen LogP contribution in [0.5, 0.6) is 0 Å². The van der Waals surface area contributed by atoms with E-state index in [9.17, 15) is 22.4 Å². The average Bonchev–Trinajstić information content (AvgIpc) is 3.37. The fourth-order valence-corrected chi connectivity index (χ4v) is 5.96. The zero-order valence-corrected chi connectivity index (χ0v) is 20.5. The number of carbonyl (C=O) groups excluding carboxylic acids is 1. The van der Waals surface area contributed by atoms with E-state index in [1.54, 1.807) is 30.8 Å². The summed E-state index contributed by atoms with van der Waals surface area (Å²) < 4.78 is 56.8. The van der Waals surface area contributed by atoms with Crippen LogP contribution in [0.1, 0.15) is 58.3 Å². The Bertz CT molecular complexity index is 1570. The molecule has 0 radical (unpaired) electrons. The van der Waals surface area contributed by atoms with Crippen LogP contribution < -0.4 is 0 Å². The second-order valence-electron chi connectivity index (χ2n) is 9.86. The van der Waals surface area contributed by atoms with Crippen molar-refractivity contribution in [1.29, 1.82) is 0 Å². The number of rotatable bonds is 2. The Balaban J connectivity index is 1.45. The average molecular weight is 513 g/mol. The Labute approximate surface area is 209 Å². The van der Waals surface area contributed by atoms with Crippen molar-refractivity contribution < 1.29 is 22.4 Å². The maximum Gasteiger partial charge on any atom is 0.433 e. The lowest BCUT2D eigenvalue weighted by atomic mass is 9.81. The fourth-order valence-electron chi connectivity index (χ4n) is 5.96. The predicted octanol–water partition coefficient (Wildman–Crippen LogP) is 5.13. The minimum Gasteiger partial charge on any atom is -0.327 e. The number of nitrogens with zero attached hydrogens (tertiary/aromatic N) is 6. The topological polar surface area (TPSA) is 68.8 Å². The molecule has 1 fully saturated rings. The Hall–Kier alpha value is -3.76. The molecule has 4 aromatic rings.